The van der Waals surface area contributed by atoms with Gasteiger partial charge in [-0.1, -0.05) is 74.3 Å². The summed E-state index contributed by atoms with van der Waals surface area (Å²) >= 11 is 0. The minimum absolute atomic E-state index is 0.192. The second-order valence-electron chi connectivity index (χ2n) is 9.07. The Morgan fingerprint density at radius 3 is 2.21 bits per heavy atom. The number of aliphatic hydroxyl groups is 1. The first-order valence-electron chi connectivity index (χ1n) is 11.3. The van der Waals surface area contributed by atoms with Gasteiger partial charge in [0.15, 0.2) is 5.60 Å². The molecule has 28 heavy (non-hydrogen) atoms. The number of piperidine rings is 3. The molecule has 0 radical (unpaired) electrons. The molecule has 1 aromatic rings. The molecule has 1 aliphatic carbocycles. The van der Waals surface area contributed by atoms with E-state index in [4.69, 9.17) is 4.74 Å². The molecule has 1 saturated carbocycles. The second-order valence-corrected chi connectivity index (χ2v) is 9.07. The SMILES string of the molecule is CO[C@]1(C#C[C@](O)(c2ccccc2)C2CCCCCCC2)CN2CCC1CC2. The van der Waals surface area contributed by atoms with E-state index in [1.807, 2.05) is 30.3 Å². The predicted molar refractivity (Wildman–Crippen MR) is 113 cm³/mol. The number of fused-ring (bicyclic) bond motifs is 3. The van der Waals surface area contributed by atoms with E-state index >= 15 is 0 Å². The van der Waals surface area contributed by atoms with E-state index in [0.29, 0.717) is 5.92 Å². The van der Waals surface area contributed by atoms with Crippen molar-refractivity contribution in [2.45, 2.75) is 69.0 Å². The Kier molecular flexibility index (Phi) is 6.11. The van der Waals surface area contributed by atoms with Gasteiger partial charge in [-0.15, -0.1) is 0 Å². The maximum Gasteiger partial charge on any atom is 0.153 e. The van der Waals surface area contributed by atoms with Gasteiger partial charge in [-0.2, -0.15) is 0 Å². The van der Waals surface area contributed by atoms with E-state index in [1.165, 1.54) is 32.1 Å². The number of benzene rings is 1. The molecule has 5 rings (SSSR count). The van der Waals surface area contributed by atoms with Crippen molar-refractivity contribution in [2.24, 2.45) is 11.8 Å². The van der Waals surface area contributed by atoms with Gasteiger partial charge in [-0.25, -0.2) is 0 Å². The number of ether oxygens (including phenoxy) is 1. The van der Waals surface area contributed by atoms with Crippen LogP contribution in [0.15, 0.2) is 30.3 Å². The van der Waals surface area contributed by atoms with Crippen LogP contribution >= 0.6 is 0 Å². The van der Waals surface area contributed by atoms with Crippen molar-refractivity contribution in [3.8, 4) is 11.8 Å². The lowest BCUT2D eigenvalue weighted by atomic mass is 9.72. The summed E-state index contributed by atoms with van der Waals surface area (Å²) in [4.78, 5) is 2.47. The van der Waals surface area contributed by atoms with Gasteiger partial charge in [0.25, 0.3) is 0 Å². The normalized spacial score (nSPS) is 33.2. The summed E-state index contributed by atoms with van der Waals surface area (Å²) in [7, 11) is 1.80. The molecule has 3 saturated heterocycles. The van der Waals surface area contributed by atoms with E-state index in [1.54, 1.807) is 7.11 Å². The zero-order valence-corrected chi connectivity index (χ0v) is 17.3. The highest BCUT2D eigenvalue weighted by atomic mass is 16.5. The number of nitrogens with zero attached hydrogens (tertiary/aromatic N) is 1. The Morgan fingerprint density at radius 2 is 1.64 bits per heavy atom. The lowest BCUT2D eigenvalue weighted by molar-refractivity contribution is -0.0968. The Morgan fingerprint density at radius 1 is 1.00 bits per heavy atom. The van der Waals surface area contributed by atoms with E-state index in [0.717, 1.165) is 50.9 Å². The Bertz CT molecular complexity index is 692. The molecule has 4 aliphatic rings. The summed E-state index contributed by atoms with van der Waals surface area (Å²) in [6.45, 7) is 3.18. The fraction of sp³-hybridized carbons (Fsp3) is 0.680. The monoisotopic (exact) mass is 381 g/mol. The van der Waals surface area contributed by atoms with E-state index in [2.05, 4.69) is 16.7 Å². The van der Waals surface area contributed by atoms with Gasteiger partial charge in [-0.3, -0.25) is 4.90 Å². The van der Waals surface area contributed by atoms with Gasteiger partial charge in [0.2, 0.25) is 0 Å². The minimum Gasteiger partial charge on any atom is -0.373 e. The van der Waals surface area contributed by atoms with Crippen molar-refractivity contribution in [1.82, 2.24) is 4.90 Å². The van der Waals surface area contributed by atoms with Crippen LogP contribution in [-0.2, 0) is 10.3 Å². The maximum absolute atomic E-state index is 12.0. The standard InChI is InChI=1S/C25H35NO2/c1-28-24(20-26-18-14-21(24)15-19-26)16-17-25(27,23-12-8-5-9-13-23)22-10-6-3-2-4-7-11-22/h5,8-9,12-13,21-22,27H,2-4,6-7,10-11,14-15,18-20H2,1H3/t24-,25-/m1/s1. The van der Waals surface area contributed by atoms with Crippen molar-refractivity contribution in [2.75, 3.05) is 26.7 Å². The van der Waals surface area contributed by atoms with Crippen LogP contribution in [0.5, 0.6) is 0 Å². The summed E-state index contributed by atoms with van der Waals surface area (Å²) in [5, 5.41) is 12.0. The molecule has 3 heterocycles. The van der Waals surface area contributed by atoms with Crippen molar-refractivity contribution < 1.29 is 9.84 Å². The van der Waals surface area contributed by atoms with E-state index in [-0.39, 0.29) is 5.92 Å². The van der Waals surface area contributed by atoms with Crippen LogP contribution in [0.2, 0.25) is 0 Å². The molecule has 0 unspecified atom stereocenters. The first-order chi connectivity index (χ1) is 13.7. The predicted octanol–water partition coefficient (Wildman–Crippen LogP) is 4.35. The molecular formula is C25H35NO2. The molecule has 2 bridgehead atoms. The van der Waals surface area contributed by atoms with Crippen LogP contribution < -0.4 is 0 Å². The molecular weight excluding hydrogens is 346 g/mol. The molecule has 3 aliphatic heterocycles. The van der Waals surface area contributed by atoms with Crippen LogP contribution in [0.25, 0.3) is 0 Å². The molecule has 3 heteroatoms. The van der Waals surface area contributed by atoms with Gasteiger partial charge < -0.3 is 9.84 Å². The third kappa shape index (κ3) is 3.88. The molecule has 0 spiro atoms. The third-order valence-electron chi connectivity index (χ3n) is 7.44. The quantitative estimate of drug-likeness (QED) is 0.790. The lowest BCUT2D eigenvalue weighted by Crippen LogP contribution is -2.59. The average Bonchev–Trinajstić information content (AvgIpc) is 2.73. The highest BCUT2D eigenvalue weighted by molar-refractivity contribution is 5.36. The molecule has 0 aromatic heterocycles. The van der Waals surface area contributed by atoms with Crippen LogP contribution in [-0.4, -0.2) is 42.4 Å². The topological polar surface area (TPSA) is 32.7 Å². The largest absolute Gasteiger partial charge is 0.373 e. The lowest BCUT2D eigenvalue weighted by Gasteiger charge is -2.50. The van der Waals surface area contributed by atoms with E-state index < -0.39 is 11.2 Å². The van der Waals surface area contributed by atoms with E-state index in [9.17, 15) is 5.11 Å². The minimum atomic E-state index is -1.09. The summed E-state index contributed by atoms with van der Waals surface area (Å²) in [6.07, 6.45) is 10.6. The highest BCUT2D eigenvalue weighted by Crippen LogP contribution is 2.40. The summed E-state index contributed by atoms with van der Waals surface area (Å²) in [6, 6.07) is 10.1. The molecule has 3 nitrogen and oxygen atoms in total. The van der Waals surface area contributed by atoms with Crippen LogP contribution in [0, 0.1) is 23.7 Å². The fourth-order valence-corrected chi connectivity index (χ4v) is 5.62. The summed E-state index contributed by atoms with van der Waals surface area (Å²) in [5.74, 6) is 7.63. The Labute approximate surface area is 170 Å². The number of hydrogen-bond acceptors (Lipinski definition) is 3. The van der Waals surface area contributed by atoms with Crippen molar-refractivity contribution in [1.29, 1.82) is 0 Å². The summed E-state index contributed by atoms with van der Waals surface area (Å²) in [5.41, 5.74) is -0.572. The summed E-state index contributed by atoms with van der Waals surface area (Å²) < 4.78 is 6.05. The van der Waals surface area contributed by atoms with Crippen molar-refractivity contribution >= 4 is 0 Å². The fourth-order valence-electron chi connectivity index (χ4n) is 5.62. The number of methoxy groups -OCH3 is 1. The van der Waals surface area contributed by atoms with Crippen LogP contribution in [0.3, 0.4) is 0 Å². The molecule has 4 fully saturated rings. The van der Waals surface area contributed by atoms with Crippen molar-refractivity contribution in [3.05, 3.63) is 35.9 Å². The highest BCUT2D eigenvalue weighted by Gasteiger charge is 2.47. The van der Waals surface area contributed by atoms with Gasteiger partial charge >= 0.3 is 0 Å². The van der Waals surface area contributed by atoms with Gasteiger partial charge in [-0.05, 0) is 44.3 Å². The number of rotatable bonds is 3. The zero-order chi connectivity index (χ0) is 19.5. The first-order valence-corrected chi connectivity index (χ1v) is 11.3. The molecule has 2 atom stereocenters. The molecule has 0 amide bonds. The maximum atomic E-state index is 12.0. The van der Waals surface area contributed by atoms with Crippen LogP contribution in [0.1, 0.15) is 63.4 Å². The average molecular weight is 382 g/mol. The smallest absolute Gasteiger partial charge is 0.153 e. The first kappa shape index (κ1) is 20.0. The molecule has 152 valence electrons. The zero-order valence-electron chi connectivity index (χ0n) is 17.3. The Balaban J connectivity index is 1.69. The second kappa shape index (κ2) is 8.57. The molecule has 1 N–H and O–H groups in total. The van der Waals surface area contributed by atoms with Crippen LogP contribution in [0.4, 0.5) is 0 Å². The Hall–Kier alpha value is -1.34. The van der Waals surface area contributed by atoms with Gasteiger partial charge in [0.1, 0.15) is 5.60 Å². The number of hydrogen-bond donors (Lipinski definition) is 1. The third-order valence-corrected chi connectivity index (χ3v) is 7.44. The molecule has 1 aromatic carbocycles. The van der Waals surface area contributed by atoms with Gasteiger partial charge in [0.05, 0.1) is 0 Å². The van der Waals surface area contributed by atoms with Crippen molar-refractivity contribution in [3.63, 3.8) is 0 Å². The van der Waals surface area contributed by atoms with Gasteiger partial charge in [0, 0.05) is 25.5 Å².